The van der Waals surface area contributed by atoms with Gasteiger partial charge in [0.2, 0.25) is 0 Å². The normalized spacial score (nSPS) is 10.3. The van der Waals surface area contributed by atoms with Gasteiger partial charge in [0.1, 0.15) is 5.75 Å². The van der Waals surface area contributed by atoms with E-state index in [-0.39, 0.29) is 0 Å². The third-order valence-electron chi connectivity index (χ3n) is 3.05. The minimum Gasteiger partial charge on any atom is -0.495 e. The second kappa shape index (κ2) is 5.41. The molecule has 0 amide bonds. The minimum atomic E-state index is 0.681. The van der Waals surface area contributed by atoms with Crippen LogP contribution in [0.2, 0.25) is 5.02 Å². The molecule has 4 heteroatoms. The molecule has 0 aliphatic heterocycles. The number of halogens is 1. The average molecular weight is 277 g/mol. The number of aryl methyl sites for hydroxylation is 2. The van der Waals surface area contributed by atoms with Crippen molar-refractivity contribution in [3.05, 3.63) is 46.5 Å². The van der Waals surface area contributed by atoms with E-state index in [4.69, 9.17) is 22.1 Å². The summed E-state index contributed by atoms with van der Waals surface area (Å²) in [5.41, 5.74) is 10.5. The van der Waals surface area contributed by atoms with Crippen molar-refractivity contribution in [1.29, 1.82) is 0 Å². The van der Waals surface area contributed by atoms with E-state index in [0.29, 0.717) is 16.5 Å². The van der Waals surface area contributed by atoms with E-state index >= 15 is 0 Å². The fourth-order valence-electron chi connectivity index (χ4n) is 1.93. The predicted molar refractivity (Wildman–Crippen MR) is 81.6 cm³/mol. The highest BCUT2D eigenvalue weighted by Gasteiger charge is 2.10. The quantitative estimate of drug-likeness (QED) is 0.822. The van der Waals surface area contributed by atoms with E-state index in [0.717, 1.165) is 22.5 Å². The Kier molecular flexibility index (Phi) is 3.86. The molecule has 0 atom stereocenters. The van der Waals surface area contributed by atoms with Gasteiger partial charge in [0, 0.05) is 11.1 Å². The maximum atomic E-state index is 6.10. The number of ether oxygens (including phenoxy) is 1. The molecule has 2 rings (SSSR count). The Balaban J connectivity index is 2.46. The first-order chi connectivity index (χ1) is 9.02. The molecule has 0 saturated carbocycles. The number of hydrogen-bond donors (Lipinski definition) is 2. The van der Waals surface area contributed by atoms with E-state index in [2.05, 4.69) is 5.32 Å². The summed E-state index contributed by atoms with van der Waals surface area (Å²) >= 11 is 6.10. The maximum Gasteiger partial charge on any atom is 0.143 e. The second-order valence-corrected chi connectivity index (χ2v) is 4.87. The van der Waals surface area contributed by atoms with Crippen molar-refractivity contribution in [1.82, 2.24) is 0 Å². The number of nitrogens with one attached hydrogen (secondary N) is 1. The van der Waals surface area contributed by atoms with E-state index in [1.54, 1.807) is 13.2 Å². The molecule has 0 unspecified atom stereocenters. The second-order valence-electron chi connectivity index (χ2n) is 4.47. The molecule has 0 saturated heterocycles. The number of anilines is 3. The molecule has 0 heterocycles. The highest BCUT2D eigenvalue weighted by atomic mass is 35.5. The van der Waals surface area contributed by atoms with Gasteiger partial charge in [-0.3, -0.25) is 0 Å². The molecule has 0 spiro atoms. The summed E-state index contributed by atoms with van der Waals surface area (Å²) in [5.74, 6) is 0.693. The molecule has 0 fully saturated rings. The van der Waals surface area contributed by atoms with Crippen LogP contribution in [0, 0.1) is 13.8 Å². The van der Waals surface area contributed by atoms with Crippen molar-refractivity contribution < 1.29 is 4.74 Å². The van der Waals surface area contributed by atoms with Crippen molar-refractivity contribution in [3.8, 4) is 5.75 Å². The molecule has 2 aromatic carbocycles. The summed E-state index contributed by atoms with van der Waals surface area (Å²) in [5, 5.41) is 4.00. The molecule has 3 nitrogen and oxygen atoms in total. The lowest BCUT2D eigenvalue weighted by atomic mass is 10.1. The fourth-order valence-corrected chi connectivity index (χ4v) is 2.08. The molecule has 0 aromatic heterocycles. The van der Waals surface area contributed by atoms with Crippen LogP contribution in [0.3, 0.4) is 0 Å². The van der Waals surface area contributed by atoms with Crippen molar-refractivity contribution in [3.63, 3.8) is 0 Å². The Morgan fingerprint density at radius 2 is 1.89 bits per heavy atom. The monoisotopic (exact) mass is 276 g/mol. The summed E-state index contributed by atoms with van der Waals surface area (Å²) in [6.07, 6.45) is 0. The van der Waals surface area contributed by atoms with Gasteiger partial charge in [-0.15, -0.1) is 0 Å². The van der Waals surface area contributed by atoms with Gasteiger partial charge < -0.3 is 15.8 Å². The lowest BCUT2D eigenvalue weighted by molar-refractivity contribution is 0.417. The third-order valence-corrected chi connectivity index (χ3v) is 3.45. The van der Waals surface area contributed by atoms with Gasteiger partial charge in [-0.25, -0.2) is 0 Å². The molecule has 3 N–H and O–H groups in total. The van der Waals surface area contributed by atoms with Gasteiger partial charge in [-0.2, -0.15) is 0 Å². The summed E-state index contributed by atoms with van der Waals surface area (Å²) in [4.78, 5) is 0. The number of benzene rings is 2. The SMILES string of the molecule is COc1cc(Cl)c(C)cc1Nc1c(C)cccc1N. The molecule has 19 heavy (non-hydrogen) atoms. The molecular formula is C15H17ClN2O. The van der Waals surface area contributed by atoms with Gasteiger partial charge in [0.15, 0.2) is 0 Å². The summed E-state index contributed by atoms with van der Waals surface area (Å²) in [7, 11) is 1.62. The zero-order valence-electron chi connectivity index (χ0n) is 11.3. The highest BCUT2D eigenvalue weighted by molar-refractivity contribution is 6.31. The number of nitrogen functional groups attached to an aromatic ring is 1. The van der Waals surface area contributed by atoms with Crippen LogP contribution in [0.4, 0.5) is 17.1 Å². The molecule has 0 bridgehead atoms. The van der Waals surface area contributed by atoms with Gasteiger partial charge >= 0.3 is 0 Å². The zero-order chi connectivity index (χ0) is 14.0. The van der Waals surface area contributed by atoms with E-state index in [1.165, 1.54) is 0 Å². The first kappa shape index (κ1) is 13.6. The number of methoxy groups -OCH3 is 1. The van der Waals surface area contributed by atoms with Crippen LogP contribution >= 0.6 is 11.6 Å². The average Bonchev–Trinajstić information content (AvgIpc) is 2.37. The zero-order valence-corrected chi connectivity index (χ0v) is 12.0. The molecular weight excluding hydrogens is 260 g/mol. The van der Waals surface area contributed by atoms with Crippen molar-refractivity contribution in [2.24, 2.45) is 0 Å². The number of hydrogen-bond acceptors (Lipinski definition) is 3. The topological polar surface area (TPSA) is 47.3 Å². The summed E-state index contributed by atoms with van der Waals surface area (Å²) in [6, 6.07) is 9.56. The number of para-hydroxylation sites is 1. The van der Waals surface area contributed by atoms with Crippen LogP contribution in [0.25, 0.3) is 0 Å². The highest BCUT2D eigenvalue weighted by Crippen LogP contribution is 2.35. The van der Waals surface area contributed by atoms with E-state index in [9.17, 15) is 0 Å². The first-order valence-corrected chi connectivity index (χ1v) is 6.37. The Hall–Kier alpha value is -1.87. The van der Waals surface area contributed by atoms with Gasteiger partial charge in [-0.1, -0.05) is 23.7 Å². The first-order valence-electron chi connectivity index (χ1n) is 5.99. The lowest BCUT2D eigenvalue weighted by Gasteiger charge is -2.16. The summed E-state index contributed by atoms with van der Waals surface area (Å²) in [6.45, 7) is 3.96. The van der Waals surface area contributed by atoms with Crippen molar-refractivity contribution in [2.45, 2.75) is 13.8 Å². The molecule has 0 aliphatic rings. The minimum absolute atomic E-state index is 0.681. The number of rotatable bonds is 3. The van der Waals surface area contributed by atoms with Gasteiger partial charge in [0.25, 0.3) is 0 Å². The Bertz CT molecular complexity index is 591. The summed E-state index contributed by atoms with van der Waals surface area (Å²) < 4.78 is 5.35. The largest absolute Gasteiger partial charge is 0.495 e. The Morgan fingerprint density at radius 3 is 2.53 bits per heavy atom. The molecule has 0 aliphatic carbocycles. The maximum absolute atomic E-state index is 6.10. The van der Waals surface area contributed by atoms with Gasteiger partial charge in [0.05, 0.1) is 24.2 Å². The predicted octanol–water partition coefficient (Wildman–Crippen LogP) is 4.29. The Labute approximate surface area is 118 Å². The molecule has 0 radical (unpaired) electrons. The standard InChI is InChI=1S/C15H17ClN2O/c1-9-5-4-6-12(17)15(9)18-13-7-10(2)11(16)8-14(13)19-3/h4-8,18H,17H2,1-3H3. The third kappa shape index (κ3) is 2.76. The fraction of sp³-hybridized carbons (Fsp3) is 0.200. The smallest absolute Gasteiger partial charge is 0.143 e. The van der Waals surface area contributed by atoms with Crippen LogP contribution in [0.15, 0.2) is 30.3 Å². The van der Waals surface area contributed by atoms with E-state index in [1.807, 2.05) is 38.1 Å². The van der Waals surface area contributed by atoms with Crippen LogP contribution in [0.5, 0.6) is 5.75 Å². The van der Waals surface area contributed by atoms with Crippen LogP contribution in [0.1, 0.15) is 11.1 Å². The molecule has 2 aromatic rings. The van der Waals surface area contributed by atoms with E-state index < -0.39 is 0 Å². The van der Waals surface area contributed by atoms with Gasteiger partial charge in [-0.05, 0) is 37.1 Å². The van der Waals surface area contributed by atoms with Crippen LogP contribution < -0.4 is 15.8 Å². The van der Waals surface area contributed by atoms with Crippen molar-refractivity contribution >= 4 is 28.7 Å². The molecule has 100 valence electrons. The lowest BCUT2D eigenvalue weighted by Crippen LogP contribution is -2.01. The van der Waals surface area contributed by atoms with Crippen LogP contribution in [-0.4, -0.2) is 7.11 Å². The van der Waals surface area contributed by atoms with Crippen molar-refractivity contribution in [2.75, 3.05) is 18.2 Å². The number of nitrogens with two attached hydrogens (primary N) is 1. The Morgan fingerprint density at radius 1 is 1.16 bits per heavy atom. The van der Waals surface area contributed by atoms with Crippen LogP contribution in [-0.2, 0) is 0 Å².